The molecule has 7 nitrogen and oxygen atoms in total. The van der Waals surface area contributed by atoms with E-state index in [4.69, 9.17) is 10.7 Å². The van der Waals surface area contributed by atoms with Gasteiger partial charge < -0.3 is 15.5 Å². The van der Waals surface area contributed by atoms with Crippen molar-refractivity contribution in [3.05, 3.63) is 47.0 Å². The van der Waals surface area contributed by atoms with Crippen molar-refractivity contribution in [2.24, 2.45) is 5.73 Å². The Morgan fingerprint density at radius 2 is 2.12 bits per heavy atom. The third kappa shape index (κ3) is 5.00. The highest BCUT2D eigenvalue weighted by Gasteiger charge is 2.41. The molecule has 0 unspecified atom stereocenters. The van der Waals surface area contributed by atoms with Gasteiger partial charge in [0.2, 0.25) is 0 Å². The predicted molar refractivity (Wildman–Crippen MR) is 125 cm³/mol. The van der Waals surface area contributed by atoms with Crippen molar-refractivity contribution in [1.82, 2.24) is 20.2 Å². The molecule has 1 fully saturated rings. The van der Waals surface area contributed by atoms with Crippen molar-refractivity contribution in [2.75, 3.05) is 38.2 Å². The van der Waals surface area contributed by atoms with Crippen molar-refractivity contribution >= 4 is 11.7 Å². The van der Waals surface area contributed by atoms with E-state index in [2.05, 4.69) is 16.4 Å². The molecule has 0 spiro atoms. The summed E-state index contributed by atoms with van der Waals surface area (Å²) in [5.74, 6) is -2.51. The number of halogens is 2. The number of rotatable bonds is 7. The maximum atomic E-state index is 13.8. The first kappa shape index (κ1) is 23.5. The minimum atomic E-state index is -2.83. The number of carbonyl (C=O) groups is 1. The second kappa shape index (κ2) is 9.32. The quantitative estimate of drug-likeness (QED) is 0.665. The van der Waals surface area contributed by atoms with Crippen molar-refractivity contribution in [3.63, 3.8) is 0 Å². The average Bonchev–Trinajstić information content (AvgIpc) is 3.36. The molecule has 0 saturated carbocycles. The Labute approximate surface area is 193 Å². The monoisotopic (exact) mass is 458 g/mol. The number of nitrogens with two attached hydrogens (primary N) is 1. The topological polar surface area (TPSA) is 77.7 Å². The largest absolute Gasteiger partial charge is 0.332 e. The van der Waals surface area contributed by atoms with Gasteiger partial charge in [-0.3, -0.25) is 9.80 Å². The van der Waals surface area contributed by atoms with E-state index in [9.17, 15) is 13.6 Å². The summed E-state index contributed by atoms with van der Waals surface area (Å²) in [6.07, 6.45) is -0.298. The van der Waals surface area contributed by atoms with Crippen LogP contribution >= 0.6 is 0 Å². The molecule has 2 aromatic rings. The molecule has 1 aromatic heterocycles. The number of anilines is 1. The van der Waals surface area contributed by atoms with Gasteiger partial charge in [-0.25, -0.2) is 19.2 Å². The van der Waals surface area contributed by atoms with Gasteiger partial charge in [0.1, 0.15) is 5.82 Å². The number of likely N-dealkylation sites (N-methyl/N-ethyl adjacent to an activating group) is 1. The molecule has 0 radical (unpaired) electrons. The van der Waals surface area contributed by atoms with Crippen LogP contribution in [0.5, 0.6) is 0 Å². The van der Waals surface area contributed by atoms with Gasteiger partial charge in [0.05, 0.1) is 12.2 Å². The lowest BCUT2D eigenvalue weighted by molar-refractivity contribution is 0.0120. The molecule has 9 heteroatoms. The number of hydrazine groups is 1. The number of pyridine rings is 1. The Morgan fingerprint density at radius 3 is 2.79 bits per heavy atom. The van der Waals surface area contributed by atoms with Gasteiger partial charge in [-0.1, -0.05) is 18.2 Å². The molecule has 0 bridgehead atoms. The van der Waals surface area contributed by atoms with Gasteiger partial charge in [0.15, 0.2) is 0 Å². The van der Waals surface area contributed by atoms with Crippen LogP contribution in [0.1, 0.15) is 41.8 Å². The minimum absolute atomic E-state index is 0.0581. The van der Waals surface area contributed by atoms with Crippen LogP contribution in [0.2, 0.25) is 0 Å². The van der Waals surface area contributed by atoms with E-state index in [1.807, 2.05) is 44.1 Å². The first-order chi connectivity index (χ1) is 15.7. The number of hydrogen-bond donors (Lipinski definition) is 2. The molecule has 33 heavy (non-hydrogen) atoms. The third-order valence-corrected chi connectivity index (χ3v) is 6.15. The standard InChI is InChI=1S/C24H32F2N6O/c1-16(2)32-22-20(13-28-32)19(23(33)31-9-7-24(25,26)15-31)12-21(29-22)18-6-4-5-17(11-18)14-30(3)10-8-27/h4-6,11-12,16,28H,7-10,13-15,27H2,1-3H3. The third-order valence-electron chi connectivity index (χ3n) is 6.15. The van der Waals surface area contributed by atoms with Crippen LogP contribution in [0.3, 0.4) is 0 Å². The summed E-state index contributed by atoms with van der Waals surface area (Å²) in [5.41, 5.74) is 12.8. The summed E-state index contributed by atoms with van der Waals surface area (Å²) >= 11 is 0. The fourth-order valence-corrected chi connectivity index (χ4v) is 4.46. The van der Waals surface area contributed by atoms with Crippen LogP contribution in [-0.4, -0.2) is 65.9 Å². The summed E-state index contributed by atoms with van der Waals surface area (Å²) in [7, 11) is 2.02. The lowest BCUT2D eigenvalue weighted by Gasteiger charge is -2.24. The number of carbonyl (C=O) groups excluding carboxylic acids is 1. The molecule has 4 rings (SSSR count). The Bertz CT molecular complexity index is 1030. The Hall–Kier alpha value is -2.62. The first-order valence-corrected chi connectivity index (χ1v) is 11.4. The van der Waals surface area contributed by atoms with Crippen molar-refractivity contribution in [1.29, 1.82) is 0 Å². The smallest absolute Gasteiger partial charge is 0.267 e. The lowest BCUT2D eigenvalue weighted by Crippen LogP contribution is -2.38. The van der Waals surface area contributed by atoms with Crippen molar-refractivity contribution in [2.45, 2.75) is 45.3 Å². The molecule has 178 valence electrons. The summed E-state index contributed by atoms with van der Waals surface area (Å²) in [5, 5.41) is 1.94. The highest BCUT2D eigenvalue weighted by atomic mass is 19.3. The average molecular weight is 459 g/mol. The fourth-order valence-electron chi connectivity index (χ4n) is 4.46. The zero-order chi connectivity index (χ0) is 23.8. The summed E-state index contributed by atoms with van der Waals surface area (Å²) in [6.45, 7) is 6.14. The lowest BCUT2D eigenvalue weighted by atomic mass is 10.0. The Kier molecular flexibility index (Phi) is 6.65. The van der Waals surface area contributed by atoms with Crippen LogP contribution in [-0.2, 0) is 13.1 Å². The molecular formula is C24H32F2N6O. The van der Waals surface area contributed by atoms with Crippen LogP contribution in [0.15, 0.2) is 30.3 Å². The van der Waals surface area contributed by atoms with Crippen LogP contribution < -0.4 is 16.2 Å². The van der Waals surface area contributed by atoms with Crippen LogP contribution in [0.4, 0.5) is 14.6 Å². The molecule has 2 aliphatic rings. The molecule has 1 aromatic carbocycles. The van der Waals surface area contributed by atoms with Gasteiger partial charge in [-0.15, -0.1) is 0 Å². The van der Waals surface area contributed by atoms with E-state index >= 15 is 0 Å². The van der Waals surface area contributed by atoms with E-state index < -0.39 is 12.5 Å². The van der Waals surface area contributed by atoms with Crippen LogP contribution in [0.25, 0.3) is 11.3 Å². The Balaban J connectivity index is 1.73. The van der Waals surface area contributed by atoms with E-state index in [-0.39, 0.29) is 24.9 Å². The SMILES string of the molecule is CC(C)N1NCc2c(C(=O)N3CCC(F)(F)C3)cc(-c3cccc(CN(C)CCN)c3)nc21. The molecule has 1 saturated heterocycles. The first-order valence-electron chi connectivity index (χ1n) is 11.4. The number of alkyl halides is 2. The van der Waals surface area contributed by atoms with Crippen LogP contribution in [0, 0.1) is 0 Å². The molecule has 0 aliphatic carbocycles. The minimum Gasteiger partial charge on any atom is -0.332 e. The maximum absolute atomic E-state index is 13.8. The van der Waals surface area contributed by atoms with E-state index in [0.717, 1.165) is 29.8 Å². The van der Waals surface area contributed by atoms with E-state index in [0.29, 0.717) is 30.2 Å². The van der Waals surface area contributed by atoms with Gasteiger partial charge in [0.25, 0.3) is 11.8 Å². The highest BCUT2D eigenvalue weighted by molar-refractivity contribution is 5.98. The number of amides is 1. The number of aromatic nitrogens is 1. The predicted octanol–water partition coefficient (Wildman–Crippen LogP) is 2.85. The number of hydrogen-bond acceptors (Lipinski definition) is 6. The van der Waals surface area contributed by atoms with Gasteiger partial charge >= 0.3 is 0 Å². The number of nitrogens with one attached hydrogen (secondary N) is 1. The normalized spacial score (nSPS) is 17.3. The highest BCUT2D eigenvalue weighted by Crippen LogP contribution is 2.35. The van der Waals surface area contributed by atoms with E-state index in [1.54, 1.807) is 6.07 Å². The maximum Gasteiger partial charge on any atom is 0.267 e. The fraction of sp³-hybridized carbons (Fsp3) is 0.500. The summed E-state index contributed by atoms with van der Waals surface area (Å²) < 4.78 is 27.6. The zero-order valence-electron chi connectivity index (χ0n) is 19.4. The van der Waals surface area contributed by atoms with Crippen molar-refractivity contribution in [3.8, 4) is 11.3 Å². The summed E-state index contributed by atoms with van der Waals surface area (Å²) in [4.78, 5) is 21.6. The number of nitrogens with zero attached hydrogens (tertiary/aromatic N) is 4. The number of likely N-dealkylation sites (tertiary alicyclic amines) is 1. The van der Waals surface area contributed by atoms with E-state index in [1.165, 1.54) is 4.90 Å². The Morgan fingerprint density at radius 1 is 1.33 bits per heavy atom. The van der Waals surface area contributed by atoms with Gasteiger partial charge in [0, 0.05) is 61.9 Å². The molecule has 1 amide bonds. The molecular weight excluding hydrogens is 426 g/mol. The second-order valence-corrected chi connectivity index (χ2v) is 9.22. The van der Waals surface area contributed by atoms with Gasteiger partial charge in [-0.05, 0) is 38.6 Å². The molecule has 2 aliphatic heterocycles. The number of benzene rings is 1. The molecule has 3 N–H and O–H groups in total. The molecule has 3 heterocycles. The second-order valence-electron chi connectivity index (χ2n) is 9.22. The van der Waals surface area contributed by atoms with Gasteiger partial charge in [-0.2, -0.15) is 0 Å². The van der Waals surface area contributed by atoms with Crippen molar-refractivity contribution < 1.29 is 13.6 Å². The molecule has 0 atom stereocenters. The zero-order valence-corrected chi connectivity index (χ0v) is 19.4. The number of fused-ring (bicyclic) bond motifs is 1. The summed E-state index contributed by atoms with van der Waals surface area (Å²) in [6, 6.07) is 9.90.